The van der Waals surface area contributed by atoms with Crippen LogP contribution in [0.2, 0.25) is 0 Å². The molecule has 0 spiro atoms. The fourth-order valence-electron chi connectivity index (χ4n) is 1.85. The predicted molar refractivity (Wildman–Crippen MR) is 80.1 cm³/mol. The van der Waals surface area contributed by atoms with Gasteiger partial charge in [-0.2, -0.15) is 0 Å². The molecular weight excluding hydrogens is 288 g/mol. The molecule has 0 fully saturated rings. The van der Waals surface area contributed by atoms with Crippen LogP contribution in [-0.4, -0.2) is 48.8 Å². The van der Waals surface area contributed by atoms with Gasteiger partial charge in [0.15, 0.2) is 0 Å². The Labute approximate surface area is 129 Å². The molecule has 22 heavy (non-hydrogen) atoms. The predicted octanol–water partition coefficient (Wildman–Crippen LogP) is 2.80. The smallest absolute Gasteiger partial charge is 0.410 e. The molecule has 0 saturated heterocycles. The molecule has 0 aromatic heterocycles. The molecule has 0 atom stereocenters. The van der Waals surface area contributed by atoms with E-state index in [4.69, 9.17) is 15.0 Å². The van der Waals surface area contributed by atoms with Crippen molar-refractivity contribution in [2.24, 2.45) is 5.11 Å². The molecule has 122 valence electrons. The van der Waals surface area contributed by atoms with E-state index < -0.39 is 5.60 Å². The Bertz CT molecular complexity index is 490. The summed E-state index contributed by atoms with van der Waals surface area (Å²) in [5.41, 5.74) is 8.52. The number of azide groups is 1. The largest absolute Gasteiger partial charge is 0.465 e. The van der Waals surface area contributed by atoms with Gasteiger partial charge in [-0.15, -0.1) is 0 Å². The third-order valence-electron chi connectivity index (χ3n) is 2.84. The van der Waals surface area contributed by atoms with Gasteiger partial charge < -0.3 is 14.4 Å². The molecule has 0 aromatic carbocycles. The van der Waals surface area contributed by atoms with Crippen LogP contribution in [0.25, 0.3) is 10.4 Å². The van der Waals surface area contributed by atoms with E-state index in [-0.39, 0.29) is 31.6 Å². The van der Waals surface area contributed by atoms with Crippen LogP contribution in [0.15, 0.2) is 16.8 Å². The summed E-state index contributed by atoms with van der Waals surface area (Å²) in [4.78, 5) is 27.6. The summed E-state index contributed by atoms with van der Waals surface area (Å²) in [6.45, 7) is 6.63. The number of hydrogen-bond donors (Lipinski definition) is 0. The fourth-order valence-corrected chi connectivity index (χ4v) is 1.85. The number of nitrogens with zero attached hydrogens (tertiary/aromatic N) is 4. The summed E-state index contributed by atoms with van der Waals surface area (Å²) in [7, 11) is 0. The SMILES string of the molecule is CC(C)(C)OC(=O)N1CC=C(CC(=O)OCCN=[N+]=[N-])CC1. The van der Waals surface area contributed by atoms with Crippen LogP contribution >= 0.6 is 0 Å². The first-order valence-electron chi connectivity index (χ1n) is 7.14. The van der Waals surface area contributed by atoms with Gasteiger partial charge in [-0.3, -0.25) is 4.79 Å². The minimum absolute atomic E-state index is 0.0835. The Morgan fingerprint density at radius 2 is 2.18 bits per heavy atom. The lowest BCUT2D eigenvalue weighted by Gasteiger charge is -2.29. The maximum atomic E-state index is 11.9. The van der Waals surface area contributed by atoms with Crippen LogP contribution in [0.4, 0.5) is 4.79 Å². The zero-order valence-corrected chi connectivity index (χ0v) is 13.2. The first kappa shape index (κ1) is 17.8. The van der Waals surface area contributed by atoms with Crippen molar-refractivity contribution in [3.8, 4) is 0 Å². The molecule has 0 aliphatic carbocycles. The summed E-state index contributed by atoms with van der Waals surface area (Å²) >= 11 is 0. The van der Waals surface area contributed by atoms with Crippen LogP contribution in [-0.2, 0) is 14.3 Å². The maximum absolute atomic E-state index is 11.9. The highest BCUT2D eigenvalue weighted by molar-refractivity contribution is 5.73. The molecule has 8 heteroatoms. The highest BCUT2D eigenvalue weighted by Crippen LogP contribution is 2.17. The van der Waals surface area contributed by atoms with Gasteiger partial charge in [-0.05, 0) is 32.7 Å². The number of ether oxygens (including phenoxy) is 2. The van der Waals surface area contributed by atoms with Crippen molar-refractivity contribution >= 4 is 12.1 Å². The lowest BCUT2D eigenvalue weighted by atomic mass is 10.1. The van der Waals surface area contributed by atoms with Gasteiger partial charge in [-0.25, -0.2) is 4.79 Å². The molecule has 0 unspecified atom stereocenters. The van der Waals surface area contributed by atoms with E-state index in [1.54, 1.807) is 4.90 Å². The Kier molecular flexibility index (Phi) is 6.72. The first-order chi connectivity index (χ1) is 10.3. The lowest BCUT2D eigenvalue weighted by Crippen LogP contribution is -2.39. The fraction of sp³-hybridized carbons (Fsp3) is 0.714. The van der Waals surface area contributed by atoms with E-state index >= 15 is 0 Å². The van der Waals surface area contributed by atoms with Gasteiger partial charge in [0.25, 0.3) is 0 Å². The zero-order valence-electron chi connectivity index (χ0n) is 13.2. The molecular formula is C14H22N4O4. The summed E-state index contributed by atoms with van der Waals surface area (Å²) in [6.07, 6.45) is 2.31. The van der Waals surface area contributed by atoms with Crippen molar-refractivity contribution in [3.63, 3.8) is 0 Å². The molecule has 1 heterocycles. The van der Waals surface area contributed by atoms with Crippen LogP contribution in [0.5, 0.6) is 0 Å². The third kappa shape index (κ3) is 6.99. The number of rotatable bonds is 5. The van der Waals surface area contributed by atoms with Gasteiger partial charge in [0, 0.05) is 18.0 Å². The summed E-state index contributed by atoms with van der Waals surface area (Å²) in [5.74, 6) is -0.356. The normalized spacial score (nSPS) is 14.7. The molecule has 0 N–H and O–H groups in total. The van der Waals surface area contributed by atoms with Crippen LogP contribution in [0.1, 0.15) is 33.6 Å². The lowest BCUT2D eigenvalue weighted by molar-refractivity contribution is -0.142. The van der Waals surface area contributed by atoms with E-state index in [1.165, 1.54) is 0 Å². The topological polar surface area (TPSA) is 105 Å². The van der Waals surface area contributed by atoms with E-state index in [0.717, 1.165) is 5.57 Å². The van der Waals surface area contributed by atoms with Crippen molar-refractivity contribution in [2.45, 2.75) is 39.2 Å². The molecule has 1 aliphatic rings. The molecule has 0 bridgehead atoms. The van der Waals surface area contributed by atoms with Crippen molar-refractivity contribution in [1.82, 2.24) is 4.90 Å². The van der Waals surface area contributed by atoms with Gasteiger partial charge in [0.05, 0.1) is 19.6 Å². The van der Waals surface area contributed by atoms with E-state index in [9.17, 15) is 9.59 Å². The second-order valence-corrected chi connectivity index (χ2v) is 5.89. The standard InChI is InChI=1S/C14H22N4O4/c1-14(2,3)22-13(20)18-7-4-11(5-8-18)10-12(19)21-9-6-16-17-15/h4H,5-10H2,1-3H3. The average molecular weight is 310 g/mol. The van der Waals surface area contributed by atoms with Gasteiger partial charge in [0.2, 0.25) is 0 Å². The Hall–Kier alpha value is -2.21. The van der Waals surface area contributed by atoms with Crippen LogP contribution in [0, 0.1) is 0 Å². The minimum Gasteiger partial charge on any atom is -0.465 e. The Morgan fingerprint density at radius 1 is 1.45 bits per heavy atom. The number of amides is 1. The summed E-state index contributed by atoms with van der Waals surface area (Å²) in [6, 6.07) is 0. The maximum Gasteiger partial charge on any atom is 0.410 e. The van der Waals surface area contributed by atoms with Gasteiger partial charge in [-0.1, -0.05) is 16.8 Å². The van der Waals surface area contributed by atoms with Gasteiger partial charge in [0.1, 0.15) is 5.60 Å². The number of carbonyl (C=O) groups is 2. The molecule has 8 nitrogen and oxygen atoms in total. The zero-order chi connectivity index (χ0) is 16.6. The van der Waals surface area contributed by atoms with Crippen molar-refractivity contribution in [3.05, 3.63) is 22.1 Å². The molecule has 1 rings (SSSR count). The molecule has 0 aromatic rings. The minimum atomic E-state index is -0.517. The Morgan fingerprint density at radius 3 is 2.73 bits per heavy atom. The second kappa shape index (κ2) is 8.29. The number of esters is 1. The van der Waals surface area contributed by atoms with Crippen molar-refractivity contribution < 1.29 is 19.1 Å². The molecule has 0 saturated carbocycles. The average Bonchev–Trinajstić information content (AvgIpc) is 2.42. The van der Waals surface area contributed by atoms with Gasteiger partial charge >= 0.3 is 12.1 Å². The summed E-state index contributed by atoms with van der Waals surface area (Å²) in [5, 5.41) is 3.28. The van der Waals surface area contributed by atoms with Crippen LogP contribution < -0.4 is 0 Å². The monoisotopic (exact) mass is 310 g/mol. The van der Waals surface area contributed by atoms with E-state index in [2.05, 4.69) is 10.0 Å². The molecule has 1 amide bonds. The Balaban J connectivity index is 2.36. The van der Waals surface area contributed by atoms with Crippen molar-refractivity contribution in [1.29, 1.82) is 0 Å². The number of carbonyl (C=O) groups excluding carboxylic acids is 2. The number of hydrogen-bond acceptors (Lipinski definition) is 5. The molecule has 1 aliphatic heterocycles. The van der Waals surface area contributed by atoms with E-state index in [0.29, 0.717) is 19.5 Å². The third-order valence-corrected chi connectivity index (χ3v) is 2.84. The second-order valence-electron chi connectivity index (χ2n) is 5.89. The molecule has 0 radical (unpaired) electrons. The highest BCUT2D eigenvalue weighted by Gasteiger charge is 2.24. The first-order valence-corrected chi connectivity index (χ1v) is 7.14. The van der Waals surface area contributed by atoms with Crippen LogP contribution in [0.3, 0.4) is 0 Å². The highest BCUT2D eigenvalue weighted by atomic mass is 16.6. The quantitative estimate of drug-likeness (QED) is 0.194. The summed E-state index contributed by atoms with van der Waals surface area (Å²) < 4.78 is 10.2. The van der Waals surface area contributed by atoms with Crippen molar-refractivity contribution in [2.75, 3.05) is 26.2 Å². The van der Waals surface area contributed by atoms with E-state index in [1.807, 2.05) is 26.8 Å².